The van der Waals surface area contributed by atoms with Gasteiger partial charge in [0.1, 0.15) is 0 Å². The molecular formula is C15H22N2O5S. The van der Waals surface area contributed by atoms with Gasteiger partial charge in [0.25, 0.3) is 15.7 Å². The molecule has 1 aromatic rings. The summed E-state index contributed by atoms with van der Waals surface area (Å²) >= 11 is 0. The minimum absolute atomic E-state index is 0.183. The van der Waals surface area contributed by atoms with Crippen LogP contribution in [0.25, 0.3) is 0 Å². The molecule has 1 unspecified atom stereocenters. The van der Waals surface area contributed by atoms with E-state index in [1.807, 2.05) is 6.92 Å². The lowest BCUT2D eigenvalue weighted by Gasteiger charge is -2.28. The monoisotopic (exact) mass is 342 g/mol. The van der Waals surface area contributed by atoms with Gasteiger partial charge in [0.2, 0.25) is 0 Å². The number of sulfonamides is 1. The second kappa shape index (κ2) is 6.94. The summed E-state index contributed by atoms with van der Waals surface area (Å²) in [7, 11) is -2.47. The summed E-state index contributed by atoms with van der Waals surface area (Å²) in [6, 6.07) is 4.11. The maximum absolute atomic E-state index is 13.1. The van der Waals surface area contributed by atoms with Crippen LogP contribution in [0.15, 0.2) is 23.1 Å². The quantitative estimate of drug-likeness (QED) is 0.534. The topological polar surface area (TPSA) is 89.8 Å². The summed E-state index contributed by atoms with van der Waals surface area (Å²) in [6.45, 7) is 3.86. The average molecular weight is 342 g/mol. The van der Waals surface area contributed by atoms with Crippen LogP contribution in [0, 0.1) is 23.0 Å². The Morgan fingerprint density at radius 1 is 1.43 bits per heavy atom. The third-order valence-corrected chi connectivity index (χ3v) is 6.41. The molecule has 0 saturated heterocycles. The maximum atomic E-state index is 13.1. The van der Waals surface area contributed by atoms with Crippen molar-refractivity contribution in [1.82, 2.24) is 4.31 Å². The van der Waals surface area contributed by atoms with Gasteiger partial charge in [-0.25, -0.2) is 8.42 Å². The van der Waals surface area contributed by atoms with Crippen LogP contribution in [0.3, 0.4) is 0 Å². The van der Waals surface area contributed by atoms with E-state index in [0.29, 0.717) is 11.5 Å². The SMILES string of the molecule is COCCN(C(C)C1CC1)S(=O)(=O)c1c(C)cccc1[N+](=O)[O-]. The van der Waals surface area contributed by atoms with Gasteiger partial charge >= 0.3 is 0 Å². The smallest absolute Gasteiger partial charge is 0.289 e. The van der Waals surface area contributed by atoms with Crippen molar-refractivity contribution in [2.75, 3.05) is 20.3 Å². The van der Waals surface area contributed by atoms with Gasteiger partial charge < -0.3 is 4.74 Å². The molecule has 1 aromatic carbocycles. The molecule has 0 aromatic heterocycles. The summed E-state index contributed by atoms with van der Waals surface area (Å²) in [5, 5.41) is 11.3. The van der Waals surface area contributed by atoms with E-state index in [-0.39, 0.29) is 29.8 Å². The van der Waals surface area contributed by atoms with E-state index in [9.17, 15) is 18.5 Å². The summed E-state index contributed by atoms with van der Waals surface area (Å²) in [4.78, 5) is 10.4. The minimum Gasteiger partial charge on any atom is -0.383 e. The van der Waals surface area contributed by atoms with Gasteiger partial charge in [0.15, 0.2) is 4.90 Å². The summed E-state index contributed by atoms with van der Waals surface area (Å²) in [5.41, 5.74) is 0.0000255. The van der Waals surface area contributed by atoms with Crippen molar-refractivity contribution < 1.29 is 18.1 Å². The molecule has 128 valence electrons. The van der Waals surface area contributed by atoms with Crippen molar-refractivity contribution in [3.8, 4) is 0 Å². The molecule has 1 atom stereocenters. The fraction of sp³-hybridized carbons (Fsp3) is 0.600. The van der Waals surface area contributed by atoms with Crippen molar-refractivity contribution in [3.05, 3.63) is 33.9 Å². The number of nitrogens with zero attached hydrogens (tertiary/aromatic N) is 2. The van der Waals surface area contributed by atoms with Crippen LogP contribution in [-0.4, -0.2) is 43.9 Å². The van der Waals surface area contributed by atoms with Gasteiger partial charge in [-0.3, -0.25) is 10.1 Å². The van der Waals surface area contributed by atoms with Gasteiger partial charge in [-0.05, 0) is 38.2 Å². The van der Waals surface area contributed by atoms with Crippen LogP contribution >= 0.6 is 0 Å². The lowest BCUT2D eigenvalue weighted by Crippen LogP contribution is -2.42. The highest BCUT2D eigenvalue weighted by Crippen LogP contribution is 2.38. The zero-order valence-electron chi connectivity index (χ0n) is 13.6. The number of rotatable bonds is 8. The number of ether oxygens (including phenoxy) is 1. The second-order valence-corrected chi connectivity index (χ2v) is 7.69. The first kappa shape index (κ1) is 17.8. The molecule has 0 radical (unpaired) electrons. The molecule has 1 saturated carbocycles. The van der Waals surface area contributed by atoms with Crippen molar-refractivity contribution in [1.29, 1.82) is 0 Å². The Morgan fingerprint density at radius 3 is 2.61 bits per heavy atom. The van der Waals surface area contributed by atoms with Crippen LogP contribution in [0.2, 0.25) is 0 Å². The van der Waals surface area contributed by atoms with Crippen LogP contribution in [0.5, 0.6) is 0 Å². The Labute approximate surface area is 136 Å². The molecule has 1 aliphatic carbocycles. The predicted molar refractivity (Wildman–Crippen MR) is 85.8 cm³/mol. The highest BCUT2D eigenvalue weighted by Gasteiger charge is 2.41. The Morgan fingerprint density at radius 2 is 2.09 bits per heavy atom. The van der Waals surface area contributed by atoms with Gasteiger partial charge in [-0.1, -0.05) is 12.1 Å². The zero-order chi connectivity index (χ0) is 17.2. The molecule has 0 heterocycles. The number of aryl methyl sites for hydroxylation is 1. The summed E-state index contributed by atoms with van der Waals surface area (Å²) in [6.07, 6.45) is 1.96. The number of benzene rings is 1. The molecule has 0 amide bonds. The van der Waals surface area contributed by atoms with E-state index in [2.05, 4.69) is 0 Å². The lowest BCUT2D eigenvalue weighted by atomic mass is 10.2. The van der Waals surface area contributed by atoms with E-state index in [1.165, 1.54) is 23.5 Å². The molecule has 8 heteroatoms. The Balaban J connectivity index is 2.51. The first-order valence-corrected chi connectivity index (χ1v) is 8.99. The lowest BCUT2D eigenvalue weighted by molar-refractivity contribution is -0.387. The van der Waals surface area contributed by atoms with Crippen LogP contribution < -0.4 is 0 Å². The molecule has 0 N–H and O–H groups in total. The van der Waals surface area contributed by atoms with Gasteiger partial charge in [0.05, 0.1) is 11.5 Å². The Hall–Kier alpha value is -1.51. The third-order valence-electron chi connectivity index (χ3n) is 4.23. The number of methoxy groups -OCH3 is 1. The minimum atomic E-state index is -3.97. The molecule has 1 aliphatic rings. The number of nitro benzene ring substituents is 1. The number of hydrogen-bond acceptors (Lipinski definition) is 5. The zero-order valence-corrected chi connectivity index (χ0v) is 14.4. The average Bonchev–Trinajstić information content (AvgIpc) is 3.31. The largest absolute Gasteiger partial charge is 0.383 e. The number of nitro groups is 1. The fourth-order valence-electron chi connectivity index (χ4n) is 2.77. The van der Waals surface area contributed by atoms with Crippen LogP contribution in [0.4, 0.5) is 5.69 Å². The second-order valence-electron chi connectivity index (χ2n) is 5.87. The highest BCUT2D eigenvalue weighted by molar-refractivity contribution is 7.89. The van der Waals surface area contributed by atoms with Crippen LogP contribution in [-0.2, 0) is 14.8 Å². The van der Waals surface area contributed by atoms with Gasteiger partial charge in [-0.2, -0.15) is 4.31 Å². The Kier molecular flexibility index (Phi) is 5.38. The van der Waals surface area contributed by atoms with Crippen LogP contribution in [0.1, 0.15) is 25.3 Å². The molecule has 0 bridgehead atoms. The van der Waals surface area contributed by atoms with E-state index in [0.717, 1.165) is 12.8 Å². The standard InChI is InChI=1S/C15H22N2O5S/c1-11-5-4-6-14(17(18)19)15(11)23(20,21)16(9-10-22-3)12(2)13-7-8-13/h4-6,12-13H,7-10H2,1-3H3. The molecule has 23 heavy (non-hydrogen) atoms. The Bertz CT molecular complexity index is 685. The molecular weight excluding hydrogens is 320 g/mol. The van der Waals surface area contributed by atoms with Crippen molar-refractivity contribution in [2.24, 2.45) is 5.92 Å². The predicted octanol–water partition coefficient (Wildman–Crippen LogP) is 2.34. The molecule has 7 nitrogen and oxygen atoms in total. The van der Waals surface area contributed by atoms with E-state index >= 15 is 0 Å². The summed E-state index contributed by atoms with van der Waals surface area (Å²) in [5.74, 6) is 0.310. The fourth-order valence-corrected chi connectivity index (χ4v) is 4.81. The highest BCUT2D eigenvalue weighted by atomic mass is 32.2. The first-order valence-electron chi connectivity index (χ1n) is 7.55. The molecule has 0 aliphatic heterocycles. The first-order chi connectivity index (χ1) is 10.8. The maximum Gasteiger partial charge on any atom is 0.289 e. The van der Waals surface area contributed by atoms with Crippen molar-refractivity contribution >= 4 is 15.7 Å². The van der Waals surface area contributed by atoms with E-state index in [1.54, 1.807) is 13.0 Å². The van der Waals surface area contributed by atoms with Gasteiger partial charge in [-0.15, -0.1) is 0 Å². The van der Waals surface area contributed by atoms with E-state index in [4.69, 9.17) is 4.74 Å². The van der Waals surface area contributed by atoms with Crippen molar-refractivity contribution in [3.63, 3.8) is 0 Å². The normalized spacial score (nSPS) is 16.5. The number of hydrogen-bond donors (Lipinski definition) is 0. The molecule has 1 fully saturated rings. The van der Waals surface area contributed by atoms with Gasteiger partial charge in [0, 0.05) is 25.8 Å². The third kappa shape index (κ3) is 3.70. The molecule has 2 rings (SSSR count). The summed E-state index contributed by atoms with van der Waals surface area (Å²) < 4.78 is 32.6. The molecule has 0 spiro atoms. The van der Waals surface area contributed by atoms with Crippen molar-refractivity contribution in [2.45, 2.75) is 37.6 Å². The van der Waals surface area contributed by atoms with E-state index < -0.39 is 14.9 Å².